The molecule has 0 saturated heterocycles. The molecule has 4 rings (SSSR count). The number of aromatic nitrogens is 3. The molecule has 2 aromatic heterocycles. The lowest BCUT2D eigenvalue weighted by molar-refractivity contribution is 0.254. The van der Waals surface area contributed by atoms with Gasteiger partial charge in [0.1, 0.15) is 17.6 Å². The second-order valence-corrected chi connectivity index (χ2v) is 6.35. The zero-order valence-electron chi connectivity index (χ0n) is 14.7. The first-order valence-corrected chi connectivity index (χ1v) is 8.61. The van der Waals surface area contributed by atoms with Gasteiger partial charge in [0.15, 0.2) is 5.65 Å². The van der Waals surface area contributed by atoms with E-state index in [0.717, 1.165) is 40.2 Å². The van der Waals surface area contributed by atoms with Gasteiger partial charge in [0.05, 0.1) is 18.2 Å². The predicted molar refractivity (Wildman–Crippen MR) is 97.2 cm³/mol. The molecule has 1 aromatic carbocycles. The van der Waals surface area contributed by atoms with Gasteiger partial charge in [-0.05, 0) is 32.0 Å². The van der Waals surface area contributed by atoms with E-state index in [-0.39, 0.29) is 6.10 Å². The van der Waals surface area contributed by atoms with Gasteiger partial charge in [0, 0.05) is 43.0 Å². The molecule has 0 bridgehead atoms. The number of nitrogens with zero attached hydrogens (tertiary/aromatic N) is 3. The van der Waals surface area contributed by atoms with Gasteiger partial charge < -0.3 is 14.8 Å². The Bertz CT molecular complexity index is 919. The van der Waals surface area contributed by atoms with Crippen LogP contribution in [0, 0.1) is 0 Å². The number of fused-ring (bicyclic) bond motifs is 2. The normalized spacial score (nSPS) is 15.9. The number of aryl methyl sites for hydroxylation is 1. The molecule has 6 heteroatoms. The van der Waals surface area contributed by atoms with E-state index in [1.54, 1.807) is 10.9 Å². The van der Waals surface area contributed by atoms with Gasteiger partial charge in [-0.2, -0.15) is 5.10 Å². The van der Waals surface area contributed by atoms with Crippen molar-refractivity contribution in [2.24, 2.45) is 7.05 Å². The van der Waals surface area contributed by atoms with Crippen molar-refractivity contribution >= 4 is 16.7 Å². The van der Waals surface area contributed by atoms with Crippen LogP contribution >= 0.6 is 0 Å². The molecule has 0 saturated carbocycles. The number of pyridine rings is 1. The van der Waals surface area contributed by atoms with E-state index in [1.807, 2.05) is 26.2 Å². The highest BCUT2D eigenvalue weighted by atomic mass is 16.5. The van der Waals surface area contributed by atoms with Crippen molar-refractivity contribution in [1.82, 2.24) is 14.8 Å². The van der Waals surface area contributed by atoms with Crippen LogP contribution in [-0.4, -0.2) is 27.5 Å². The van der Waals surface area contributed by atoms with Crippen LogP contribution in [-0.2, 0) is 20.0 Å². The Kier molecular flexibility index (Phi) is 3.95. The Balaban J connectivity index is 1.63. The van der Waals surface area contributed by atoms with E-state index in [0.29, 0.717) is 13.2 Å². The number of hydrogen-bond acceptors (Lipinski definition) is 5. The fraction of sp³-hybridized carbons (Fsp3) is 0.368. The highest BCUT2D eigenvalue weighted by Gasteiger charge is 2.22. The lowest BCUT2D eigenvalue weighted by Gasteiger charge is -2.14. The van der Waals surface area contributed by atoms with E-state index < -0.39 is 0 Å². The molecule has 130 valence electrons. The predicted octanol–water partition coefficient (Wildman–Crippen LogP) is 3.30. The maximum absolute atomic E-state index is 5.90. The minimum absolute atomic E-state index is 0.225. The van der Waals surface area contributed by atoms with Crippen molar-refractivity contribution in [3.8, 4) is 11.5 Å². The molecule has 1 atom stereocenters. The molecule has 1 aliphatic rings. The third-order valence-electron chi connectivity index (χ3n) is 4.48. The summed E-state index contributed by atoms with van der Waals surface area (Å²) in [5.74, 6) is 1.89. The molecule has 1 aliphatic heterocycles. The van der Waals surface area contributed by atoms with E-state index in [1.165, 1.54) is 5.56 Å². The highest BCUT2D eigenvalue weighted by Crippen LogP contribution is 2.35. The molecule has 0 fully saturated rings. The summed E-state index contributed by atoms with van der Waals surface area (Å²) in [4.78, 5) is 4.37. The summed E-state index contributed by atoms with van der Waals surface area (Å²) in [5, 5.41) is 8.78. The van der Waals surface area contributed by atoms with Crippen LogP contribution in [0.1, 0.15) is 25.0 Å². The Morgan fingerprint density at radius 3 is 3.12 bits per heavy atom. The van der Waals surface area contributed by atoms with Crippen LogP contribution in [0.3, 0.4) is 0 Å². The lowest BCUT2D eigenvalue weighted by Crippen LogP contribution is -2.05. The van der Waals surface area contributed by atoms with Crippen molar-refractivity contribution in [1.29, 1.82) is 0 Å². The lowest BCUT2D eigenvalue weighted by atomic mass is 10.1. The molecule has 1 N–H and O–H groups in total. The summed E-state index contributed by atoms with van der Waals surface area (Å²) < 4.78 is 13.5. The number of ether oxygens (including phenoxy) is 2. The summed E-state index contributed by atoms with van der Waals surface area (Å²) in [5.41, 5.74) is 4.18. The smallest absolute Gasteiger partial charge is 0.159 e. The van der Waals surface area contributed by atoms with Gasteiger partial charge in [-0.25, -0.2) is 4.98 Å². The summed E-state index contributed by atoms with van der Waals surface area (Å²) in [6, 6.07) is 6.18. The number of rotatable bonds is 5. The summed E-state index contributed by atoms with van der Waals surface area (Å²) in [7, 11) is 1.89. The summed E-state index contributed by atoms with van der Waals surface area (Å²) >= 11 is 0. The van der Waals surface area contributed by atoms with Gasteiger partial charge in [0.2, 0.25) is 0 Å². The minimum Gasteiger partial charge on any atom is -0.494 e. The third-order valence-corrected chi connectivity index (χ3v) is 4.48. The molecule has 0 spiro atoms. The Morgan fingerprint density at radius 2 is 2.28 bits per heavy atom. The molecular weight excluding hydrogens is 316 g/mol. The molecule has 3 aromatic rings. The molecule has 6 nitrogen and oxygen atoms in total. The molecule has 25 heavy (non-hydrogen) atoms. The van der Waals surface area contributed by atoms with E-state index in [9.17, 15) is 0 Å². The zero-order valence-corrected chi connectivity index (χ0v) is 14.7. The SMILES string of the molecule is CCOc1cc2c(cc1CNc1ccnc3c1cnn3C)O[C@@H](C)C2. The monoisotopic (exact) mass is 338 g/mol. The fourth-order valence-electron chi connectivity index (χ4n) is 3.30. The fourth-order valence-corrected chi connectivity index (χ4v) is 3.30. The van der Waals surface area contributed by atoms with Crippen LogP contribution in [0.15, 0.2) is 30.6 Å². The minimum atomic E-state index is 0.225. The van der Waals surface area contributed by atoms with E-state index >= 15 is 0 Å². The quantitative estimate of drug-likeness (QED) is 0.773. The molecule has 0 amide bonds. The molecule has 0 aliphatic carbocycles. The average Bonchev–Trinajstić information content (AvgIpc) is 3.15. The number of hydrogen-bond donors (Lipinski definition) is 1. The average molecular weight is 338 g/mol. The first-order valence-electron chi connectivity index (χ1n) is 8.61. The van der Waals surface area contributed by atoms with Crippen LogP contribution in [0.25, 0.3) is 11.0 Å². The van der Waals surface area contributed by atoms with Crippen molar-refractivity contribution in [2.45, 2.75) is 32.9 Å². The maximum Gasteiger partial charge on any atom is 0.159 e. The van der Waals surface area contributed by atoms with Gasteiger partial charge in [-0.1, -0.05) is 0 Å². The topological polar surface area (TPSA) is 61.2 Å². The van der Waals surface area contributed by atoms with E-state index in [2.05, 4.69) is 34.5 Å². The second kappa shape index (κ2) is 6.27. The second-order valence-electron chi connectivity index (χ2n) is 6.35. The first-order chi connectivity index (χ1) is 12.2. The number of benzene rings is 1. The Morgan fingerprint density at radius 1 is 1.40 bits per heavy atom. The van der Waals surface area contributed by atoms with Gasteiger partial charge >= 0.3 is 0 Å². The Labute approximate surface area is 146 Å². The van der Waals surface area contributed by atoms with Crippen molar-refractivity contribution < 1.29 is 9.47 Å². The van der Waals surface area contributed by atoms with Crippen LogP contribution in [0.4, 0.5) is 5.69 Å². The number of nitrogens with one attached hydrogen (secondary N) is 1. The van der Waals surface area contributed by atoms with Crippen LogP contribution < -0.4 is 14.8 Å². The van der Waals surface area contributed by atoms with Gasteiger partial charge in [-0.15, -0.1) is 0 Å². The molecule has 0 radical (unpaired) electrons. The standard InChI is InChI=1S/C19H22N4O2/c1-4-24-17-8-13-7-12(2)25-18(13)9-14(17)10-21-16-5-6-20-19-15(16)11-22-23(19)3/h5-6,8-9,11-12H,4,7,10H2,1-3H3,(H,20,21)/t12-/m0/s1. The number of anilines is 1. The Hall–Kier alpha value is -2.76. The summed E-state index contributed by atoms with van der Waals surface area (Å²) in [6.45, 7) is 5.39. The largest absolute Gasteiger partial charge is 0.494 e. The van der Waals surface area contributed by atoms with Gasteiger partial charge in [-0.3, -0.25) is 4.68 Å². The zero-order chi connectivity index (χ0) is 17.4. The van der Waals surface area contributed by atoms with E-state index in [4.69, 9.17) is 9.47 Å². The molecule has 0 unspecified atom stereocenters. The van der Waals surface area contributed by atoms with Crippen molar-refractivity contribution in [3.63, 3.8) is 0 Å². The maximum atomic E-state index is 5.90. The third kappa shape index (κ3) is 2.88. The van der Waals surface area contributed by atoms with Crippen LogP contribution in [0.2, 0.25) is 0 Å². The van der Waals surface area contributed by atoms with Gasteiger partial charge in [0.25, 0.3) is 0 Å². The van der Waals surface area contributed by atoms with Crippen molar-refractivity contribution in [3.05, 3.63) is 41.7 Å². The molecule has 3 heterocycles. The first kappa shape index (κ1) is 15.7. The summed E-state index contributed by atoms with van der Waals surface area (Å²) in [6.07, 6.45) is 4.79. The molecular formula is C19H22N4O2. The van der Waals surface area contributed by atoms with Crippen LogP contribution in [0.5, 0.6) is 11.5 Å². The van der Waals surface area contributed by atoms with Crippen molar-refractivity contribution in [2.75, 3.05) is 11.9 Å². The highest BCUT2D eigenvalue weighted by molar-refractivity contribution is 5.88.